The van der Waals surface area contributed by atoms with E-state index in [1.807, 2.05) is 6.92 Å². The number of halogens is 1. The number of hydrogen-bond acceptors (Lipinski definition) is 3. The fourth-order valence-corrected chi connectivity index (χ4v) is 4.38. The van der Waals surface area contributed by atoms with Crippen LogP contribution in [-0.2, 0) is 10.0 Å². The van der Waals surface area contributed by atoms with Crippen molar-refractivity contribution in [2.45, 2.75) is 26.7 Å². The Morgan fingerprint density at radius 3 is 2.43 bits per heavy atom. The van der Waals surface area contributed by atoms with Crippen LogP contribution in [0.1, 0.15) is 25.3 Å². The quantitative estimate of drug-likeness (QED) is 0.795. The van der Waals surface area contributed by atoms with Gasteiger partial charge in [0, 0.05) is 36.3 Å². The molecule has 1 saturated heterocycles. The Kier molecular flexibility index (Phi) is 5.68. The molecule has 21 heavy (non-hydrogen) atoms. The lowest BCUT2D eigenvalue weighted by atomic mass is 10.2. The van der Waals surface area contributed by atoms with Gasteiger partial charge in [0.1, 0.15) is 0 Å². The van der Waals surface area contributed by atoms with E-state index < -0.39 is 10.0 Å². The van der Waals surface area contributed by atoms with Crippen molar-refractivity contribution in [1.29, 1.82) is 0 Å². The highest BCUT2D eigenvalue weighted by Crippen LogP contribution is 2.24. The highest BCUT2D eigenvalue weighted by atomic mass is 79.9. The number of unbranched alkanes of at least 4 members (excludes halogenated alkanes) is 1. The van der Waals surface area contributed by atoms with Gasteiger partial charge >= 0.3 is 0 Å². The van der Waals surface area contributed by atoms with Crippen molar-refractivity contribution < 1.29 is 8.42 Å². The summed E-state index contributed by atoms with van der Waals surface area (Å²) < 4.78 is 27.1. The molecular weight excluding hydrogens is 352 g/mol. The first-order chi connectivity index (χ1) is 9.94. The average molecular weight is 375 g/mol. The second kappa shape index (κ2) is 7.11. The predicted molar refractivity (Wildman–Crippen MR) is 91.4 cm³/mol. The van der Waals surface area contributed by atoms with Crippen LogP contribution in [0.2, 0.25) is 0 Å². The van der Waals surface area contributed by atoms with E-state index in [1.165, 1.54) is 11.3 Å². The molecule has 1 aliphatic heterocycles. The van der Waals surface area contributed by atoms with Crippen molar-refractivity contribution in [1.82, 2.24) is 4.31 Å². The molecule has 0 spiro atoms. The third kappa shape index (κ3) is 4.20. The summed E-state index contributed by atoms with van der Waals surface area (Å²) in [7, 11) is -3.07. The average Bonchev–Trinajstić information content (AvgIpc) is 2.48. The van der Waals surface area contributed by atoms with Crippen LogP contribution >= 0.6 is 15.9 Å². The van der Waals surface area contributed by atoms with Crippen LogP contribution in [0, 0.1) is 6.92 Å². The molecule has 1 heterocycles. The molecule has 2 rings (SSSR count). The molecule has 118 valence electrons. The maximum absolute atomic E-state index is 12.2. The first-order valence-electron chi connectivity index (χ1n) is 7.43. The summed E-state index contributed by atoms with van der Waals surface area (Å²) in [6.45, 7) is 6.77. The molecule has 1 aromatic rings. The van der Waals surface area contributed by atoms with Crippen molar-refractivity contribution >= 4 is 31.6 Å². The summed E-state index contributed by atoms with van der Waals surface area (Å²) in [5.41, 5.74) is 2.37. The van der Waals surface area contributed by atoms with Gasteiger partial charge < -0.3 is 4.90 Å². The van der Waals surface area contributed by atoms with Gasteiger partial charge in [-0.3, -0.25) is 0 Å². The zero-order valence-corrected chi connectivity index (χ0v) is 15.1. The Hall–Kier alpha value is -0.590. The lowest BCUT2D eigenvalue weighted by Gasteiger charge is -2.35. The van der Waals surface area contributed by atoms with Crippen LogP contribution < -0.4 is 4.90 Å². The molecule has 1 aromatic carbocycles. The number of nitrogens with zero attached hydrogens (tertiary/aromatic N) is 2. The van der Waals surface area contributed by atoms with Crippen molar-refractivity contribution in [3.05, 3.63) is 28.2 Å². The van der Waals surface area contributed by atoms with E-state index in [1.54, 1.807) is 4.31 Å². The van der Waals surface area contributed by atoms with Gasteiger partial charge in [-0.1, -0.05) is 29.3 Å². The summed E-state index contributed by atoms with van der Waals surface area (Å²) in [6, 6.07) is 6.28. The predicted octanol–water partition coefficient (Wildman–Crippen LogP) is 3.01. The van der Waals surface area contributed by atoms with E-state index in [4.69, 9.17) is 0 Å². The number of piperazine rings is 1. The lowest BCUT2D eigenvalue weighted by Crippen LogP contribution is -2.49. The number of benzene rings is 1. The zero-order chi connectivity index (χ0) is 15.5. The molecule has 0 saturated carbocycles. The molecule has 0 amide bonds. The minimum atomic E-state index is -3.07. The summed E-state index contributed by atoms with van der Waals surface area (Å²) in [5, 5.41) is 0. The highest BCUT2D eigenvalue weighted by Gasteiger charge is 2.26. The van der Waals surface area contributed by atoms with Gasteiger partial charge in [-0.05, 0) is 37.1 Å². The Bertz CT molecular complexity index is 581. The Labute approximate surface area is 136 Å². The van der Waals surface area contributed by atoms with Crippen LogP contribution in [0.25, 0.3) is 0 Å². The number of hydrogen-bond donors (Lipinski definition) is 0. The molecule has 0 radical (unpaired) electrons. The molecule has 0 N–H and O–H groups in total. The summed E-state index contributed by atoms with van der Waals surface area (Å²) in [4.78, 5) is 2.26. The van der Waals surface area contributed by atoms with Crippen LogP contribution in [-0.4, -0.2) is 44.7 Å². The van der Waals surface area contributed by atoms with Crippen LogP contribution in [0.15, 0.2) is 22.7 Å². The first kappa shape index (κ1) is 16.8. The standard InChI is InChI=1S/C15H23BrN2O2S/c1-3-4-11-21(19,20)18-9-7-17(8-10-18)14-5-6-15(16)13(2)12-14/h5-6,12H,3-4,7-11H2,1-2H3. The number of anilines is 1. The minimum Gasteiger partial charge on any atom is -0.369 e. The third-order valence-corrected chi connectivity index (χ3v) is 6.74. The molecule has 0 aromatic heterocycles. The van der Waals surface area contributed by atoms with Crippen molar-refractivity contribution in [3.63, 3.8) is 0 Å². The molecular formula is C15H23BrN2O2S. The molecule has 0 bridgehead atoms. The molecule has 1 fully saturated rings. The second-order valence-corrected chi connectivity index (χ2v) is 8.43. The molecule has 0 atom stereocenters. The molecule has 0 aliphatic carbocycles. The monoisotopic (exact) mass is 374 g/mol. The van der Waals surface area contributed by atoms with Gasteiger partial charge in [0.25, 0.3) is 0 Å². The highest BCUT2D eigenvalue weighted by molar-refractivity contribution is 9.10. The zero-order valence-electron chi connectivity index (χ0n) is 12.7. The van der Waals surface area contributed by atoms with Crippen molar-refractivity contribution in [2.75, 3.05) is 36.8 Å². The van der Waals surface area contributed by atoms with Gasteiger partial charge in [-0.25, -0.2) is 8.42 Å². The number of rotatable bonds is 5. The van der Waals surface area contributed by atoms with Crippen LogP contribution in [0.4, 0.5) is 5.69 Å². The smallest absolute Gasteiger partial charge is 0.214 e. The normalized spacial score (nSPS) is 17.2. The Morgan fingerprint density at radius 1 is 1.19 bits per heavy atom. The van der Waals surface area contributed by atoms with E-state index in [-0.39, 0.29) is 5.75 Å². The van der Waals surface area contributed by atoms with Gasteiger partial charge in [0.15, 0.2) is 0 Å². The van der Waals surface area contributed by atoms with Crippen LogP contribution in [0.3, 0.4) is 0 Å². The summed E-state index contributed by atoms with van der Waals surface area (Å²) >= 11 is 3.51. The van der Waals surface area contributed by atoms with Gasteiger partial charge in [-0.2, -0.15) is 4.31 Å². The SMILES string of the molecule is CCCCS(=O)(=O)N1CCN(c2ccc(Br)c(C)c2)CC1. The number of sulfonamides is 1. The van der Waals surface area contributed by atoms with E-state index in [2.05, 4.69) is 46.0 Å². The van der Waals surface area contributed by atoms with Crippen LogP contribution in [0.5, 0.6) is 0 Å². The Balaban J connectivity index is 1.98. The van der Waals surface area contributed by atoms with Gasteiger partial charge in [0.05, 0.1) is 5.75 Å². The topological polar surface area (TPSA) is 40.6 Å². The fourth-order valence-electron chi connectivity index (χ4n) is 2.51. The first-order valence-corrected chi connectivity index (χ1v) is 9.83. The molecule has 0 unspecified atom stereocenters. The minimum absolute atomic E-state index is 0.279. The second-order valence-electron chi connectivity index (χ2n) is 5.49. The van der Waals surface area contributed by atoms with Crippen molar-refractivity contribution in [2.24, 2.45) is 0 Å². The van der Waals surface area contributed by atoms with E-state index in [0.717, 1.165) is 30.4 Å². The third-order valence-electron chi connectivity index (χ3n) is 3.89. The Morgan fingerprint density at radius 2 is 1.86 bits per heavy atom. The maximum Gasteiger partial charge on any atom is 0.214 e. The van der Waals surface area contributed by atoms with E-state index in [0.29, 0.717) is 13.1 Å². The summed E-state index contributed by atoms with van der Waals surface area (Å²) in [5.74, 6) is 0.279. The molecule has 4 nitrogen and oxygen atoms in total. The maximum atomic E-state index is 12.2. The number of aryl methyl sites for hydroxylation is 1. The van der Waals surface area contributed by atoms with Gasteiger partial charge in [-0.15, -0.1) is 0 Å². The van der Waals surface area contributed by atoms with E-state index >= 15 is 0 Å². The van der Waals surface area contributed by atoms with E-state index in [9.17, 15) is 8.42 Å². The fraction of sp³-hybridized carbons (Fsp3) is 0.600. The van der Waals surface area contributed by atoms with Gasteiger partial charge in [0.2, 0.25) is 10.0 Å². The van der Waals surface area contributed by atoms with Crippen molar-refractivity contribution in [3.8, 4) is 0 Å². The summed E-state index contributed by atoms with van der Waals surface area (Å²) in [6.07, 6.45) is 1.66. The largest absolute Gasteiger partial charge is 0.369 e. The molecule has 6 heteroatoms. The molecule has 1 aliphatic rings. The lowest BCUT2D eigenvalue weighted by molar-refractivity contribution is 0.384.